The van der Waals surface area contributed by atoms with E-state index in [2.05, 4.69) is 5.32 Å². The molecule has 12 heavy (non-hydrogen) atoms. The Kier molecular flexibility index (Phi) is 1.05. The molecule has 1 heterocycles. The molecule has 0 aromatic heterocycles. The largest absolute Gasteiger partial charge is 0.296 e. The van der Waals surface area contributed by atoms with E-state index >= 15 is 0 Å². The lowest BCUT2D eigenvalue weighted by molar-refractivity contribution is -0.126. The minimum absolute atomic E-state index is 0.00259. The summed E-state index contributed by atoms with van der Waals surface area (Å²) in [7, 11) is 0. The number of carbonyl (C=O) groups is 2. The number of imide groups is 1. The first-order valence-corrected chi connectivity index (χ1v) is 4.62. The summed E-state index contributed by atoms with van der Waals surface area (Å²) in [6.45, 7) is 0. The van der Waals surface area contributed by atoms with Crippen LogP contribution in [0.25, 0.3) is 0 Å². The fourth-order valence-corrected chi connectivity index (χ4v) is 3.33. The van der Waals surface area contributed by atoms with Gasteiger partial charge in [0, 0.05) is 0 Å². The van der Waals surface area contributed by atoms with Crippen LogP contribution in [0.5, 0.6) is 0 Å². The quantitative estimate of drug-likeness (QED) is 0.525. The zero-order valence-corrected chi connectivity index (χ0v) is 6.75. The van der Waals surface area contributed by atoms with E-state index < -0.39 is 0 Å². The van der Waals surface area contributed by atoms with Crippen molar-refractivity contribution in [3.05, 3.63) is 0 Å². The van der Waals surface area contributed by atoms with Gasteiger partial charge in [-0.1, -0.05) is 0 Å². The molecule has 3 nitrogen and oxygen atoms in total. The lowest BCUT2D eigenvalue weighted by Gasteiger charge is -2.19. The number of rotatable bonds is 0. The molecule has 4 atom stereocenters. The SMILES string of the molecule is O=C1NC(=O)[C@H]2C3CC[C@H](C3)[C@@H]12. The number of carbonyl (C=O) groups excluding carboxylic acids is 2. The van der Waals surface area contributed by atoms with E-state index in [9.17, 15) is 9.59 Å². The Balaban J connectivity index is 2.03. The normalized spacial score (nSPS) is 49.7. The van der Waals surface area contributed by atoms with Crippen LogP contribution in [-0.4, -0.2) is 11.8 Å². The predicted molar refractivity (Wildman–Crippen MR) is 41.0 cm³/mol. The van der Waals surface area contributed by atoms with E-state index in [1.165, 1.54) is 0 Å². The molecule has 2 aliphatic carbocycles. The smallest absolute Gasteiger partial charge is 0.230 e. The fourth-order valence-electron chi connectivity index (χ4n) is 3.33. The Morgan fingerprint density at radius 1 is 1.00 bits per heavy atom. The lowest BCUT2D eigenvalue weighted by atomic mass is 9.81. The van der Waals surface area contributed by atoms with Gasteiger partial charge in [-0.15, -0.1) is 0 Å². The van der Waals surface area contributed by atoms with Gasteiger partial charge in [0.25, 0.3) is 0 Å². The minimum atomic E-state index is -0.00259. The van der Waals surface area contributed by atoms with Crippen LogP contribution < -0.4 is 5.32 Å². The van der Waals surface area contributed by atoms with Gasteiger partial charge in [-0.2, -0.15) is 0 Å². The summed E-state index contributed by atoms with van der Waals surface area (Å²) >= 11 is 0. The maximum atomic E-state index is 11.3. The molecule has 0 spiro atoms. The molecule has 1 N–H and O–H groups in total. The first kappa shape index (κ1) is 6.63. The van der Waals surface area contributed by atoms with Crippen LogP contribution in [0.1, 0.15) is 19.3 Å². The van der Waals surface area contributed by atoms with E-state index in [4.69, 9.17) is 0 Å². The molecule has 3 fully saturated rings. The fraction of sp³-hybridized carbons (Fsp3) is 0.778. The summed E-state index contributed by atoms with van der Waals surface area (Å²) < 4.78 is 0. The topological polar surface area (TPSA) is 46.2 Å². The number of amides is 2. The molecular weight excluding hydrogens is 154 g/mol. The van der Waals surface area contributed by atoms with Crippen molar-refractivity contribution in [2.24, 2.45) is 23.7 Å². The Hall–Kier alpha value is -0.860. The van der Waals surface area contributed by atoms with Crippen molar-refractivity contribution in [2.75, 3.05) is 0 Å². The monoisotopic (exact) mass is 165 g/mol. The summed E-state index contributed by atoms with van der Waals surface area (Å²) in [6.07, 6.45) is 3.44. The van der Waals surface area contributed by atoms with Gasteiger partial charge in [0.2, 0.25) is 11.8 Å². The van der Waals surface area contributed by atoms with Crippen molar-refractivity contribution in [2.45, 2.75) is 19.3 Å². The van der Waals surface area contributed by atoms with Crippen LogP contribution in [0.15, 0.2) is 0 Å². The highest BCUT2D eigenvalue weighted by molar-refractivity contribution is 6.05. The summed E-state index contributed by atoms with van der Waals surface area (Å²) in [4.78, 5) is 22.6. The van der Waals surface area contributed by atoms with Gasteiger partial charge in [0.05, 0.1) is 11.8 Å². The van der Waals surface area contributed by atoms with Crippen LogP contribution in [0.3, 0.4) is 0 Å². The summed E-state index contributed by atoms with van der Waals surface area (Å²) in [5.41, 5.74) is 0. The predicted octanol–water partition coefficient (Wildman–Crippen LogP) is 0.305. The second-order valence-corrected chi connectivity index (χ2v) is 4.24. The Bertz CT molecular complexity index is 248. The zero-order valence-electron chi connectivity index (χ0n) is 6.75. The highest BCUT2D eigenvalue weighted by Crippen LogP contribution is 2.54. The molecule has 2 saturated carbocycles. The van der Waals surface area contributed by atoms with Crippen molar-refractivity contribution < 1.29 is 9.59 Å². The molecule has 3 aliphatic rings. The standard InChI is InChI=1S/C9H11NO2/c11-8-6-4-1-2-5(3-4)7(6)9(12)10-8/h4-7H,1-3H2,(H,10,11,12)/t4-,5?,6-,7+/m1/s1. The van der Waals surface area contributed by atoms with Gasteiger partial charge >= 0.3 is 0 Å². The Morgan fingerprint density at radius 2 is 1.50 bits per heavy atom. The number of nitrogens with one attached hydrogen (secondary N) is 1. The number of hydrogen-bond acceptors (Lipinski definition) is 2. The average Bonchev–Trinajstić information content (AvgIpc) is 2.64. The molecule has 3 rings (SSSR count). The van der Waals surface area contributed by atoms with E-state index in [0.717, 1.165) is 19.3 Å². The Labute approximate surface area is 70.5 Å². The minimum Gasteiger partial charge on any atom is -0.296 e. The van der Waals surface area contributed by atoms with Crippen LogP contribution in [0.4, 0.5) is 0 Å². The molecule has 0 aromatic carbocycles. The van der Waals surface area contributed by atoms with Crippen molar-refractivity contribution >= 4 is 11.8 Å². The highest BCUT2D eigenvalue weighted by Gasteiger charge is 2.57. The van der Waals surface area contributed by atoms with Gasteiger partial charge in [-0.05, 0) is 31.1 Å². The van der Waals surface area contributed by atoms with Crippen molar-refractivity contribution in [3.8, 4) is 0 Å². The second kappa shape index (κ2) is 1.90. The van der Waals surface area contributed by atoms with Gasteiger partial charge in [-0.25, -0.2) is 0 Å². The Morgan fingerprint density at radius 3 is 2.00 bits per heavy atom. The summed E-state index contributed by atoms with van der Waals surface area (Å²) in [5, 5.41) is 2.44. The molecule has 1 saturated heterocycles. The first-order chi connectivity index (χ1) is 5.77. The number of fused-ring (bicyclic) bond motifs is 5. The molecule has 3 heteroatoms. The van der Waals surface area contributed by atoms with Gasteiger partial charge < -0.3 is 0 Å². The molecule has 2 amide bonds. The molecule has 0 radical (unpaired) electrons. The van der Waals surface area contributed by atoms with Crippen LogP contribution >= 0.6 is 0 Å². The van der Waals surface area contributed by atoms with Crippen LogP contribution in [0.2, 0.25) is 0 Å². The van der Waals surface area contributed by atoms with Crippen molar-refractivity contribution in [1.82, 2.24) is 5.32 Å². The second-order valence-electron chi connectivity index (χ2n) is 4.24. The van der Waals surface area contributed by atoms with Crippen LogP contribution in [0, 0.1) is 23.7 Å². The maximum Gasteiger partial charge on any atom is 0.230 e. The van der Waals surface area contributed by atoms with Gasteiger partial charge in [-0.3, -0.25) is 14.9 Å². The highest BCUT2D eigenvalue weighted by atomic mass is 16.2. The number of hydrogen-bond donors (Lipinski definition) is 1. The third-order valence-electron chi connectivity index (χ3n) is 3.77. The van der Waals surface area contributed by atoms with Crippen LogP contribution in [-0.2, 0) is 9.59 Å². The maximum absolute atomic E-state index is 11.3. The van der Waals surface area contributed by atoms with Crippen molar-refractivity contribution in [3.63, 3.8) is 0 Å². The average molecular weight is 165 g/mol. The van der Waals surface area contributed by atoms with E-state index in [1.54, 1.807) is 0 Å². The van der Waals surface area contributed by atoms with E-state index in [1.807, 2.05) is 0 Å². The van der Waals surface area contributed by atoms with Crippen molar-refractivity contribution in [1.29, 1.82) is 0 Å². The first-order valence-electron chi connectivity index (χ1n) is 4.62. The molecule has 64 valence electrons. The molecule has 1 unspecified atom stereocenters. The zero-order chi connectivity index (χ0) is 8.29. The third kappa shape index (κ3) is 0.586. The lowest BCUT2D eigenvalue weighted by Crippen LogP contribution is -2.24. The van der Waals surface area contributed by atoms with E-state index in [-0.39, 0.29) is 23.7 Å². The molecule has 1 aliphatic heterocycles. The molecule has 2 bridgehead atoms. The summed E-state index contributed by atoms with van der Waals surface area (Å²) in [6, 6.07) is 0. The molecule has 0 aromatic rings. The molecular formula is C9H11NO2. The summed E-state index contributed by atoms with van der Waals surface area (Å²) in [5.74, 6) is 1.14. The third-order valence-corrected chi connectivity index (χ3v) is 3.77. The van der Waals surface area contributed by atoms with Gasteiger partial charge in [0.1, 0.15) is 0 Å². The van der Waals surface area contributed by atoms with Gasteiger partial charge in [0.15, 0.2) is 0 Å². The van der Waals surface area contributed by atoms with E-state index in [0.29, 0.717) is 11.8 Å².